The normalized spacial score (nSPS) is 20.6. The van der Waals surface area contributed by atoms with Gasteiger partial charge in [0.15, 0.2) is 0 Å². The van der Waals surface area contributed by atoms with E-state index in [-0.39, 0.29) is 5.60 Å². The average molecular weight is 230 g/mol. The van der Waals surface area contributed by atoms with Crippen molar-refractivity contribution in [1.29, 1.82) is 0 Å². The Kier molecular flexibility index (Phi) is 4.79. The molecule has 0 unspecified atom stereocenters. The van der Waals surface area contributed by atoms with Crippen LogP contribution in [0.3, 0.4) is 0 Å². The Morgan fingerprint density at radius 2 is 2.14 bits per heavy atom. The third-order valence-corrected chi connectivity index (χ3v) is 5.96. The first-order valence-electron chi connectivity index (χ1n) is 5.08. The zero-order valence-corrected chi connectivity index (χ0v) is 11.6. The SMILES string of the molecule is CO[Si]1CCCN1C[Si]OC(C)(C)C. The molecule has 0 amide bonds. The Bertz CT molecular complexity index is 173. The fourth-order valence-electron chi connectivity index (χ4n) is 1.43. The minimum Gasteiger partial charge on any atom is -0.411 e. The topological polar surface area (TPSA) is 21.7 Å². The zero-order chi connectivity index (χ0) is 10.6. The second-order valence-electron chi connectivity index (χ2n) is 4.48. The maximum absolute atomic E-state index is 5.73. The standard InChI is InChI=1S/C9H20NO2Si2/c1-9(2,3)12-13-8-10-6-5-7-14(10)11-4/h5-8H2,1-4H3. The van der Waals surface area contributed by atoms with Crippen molar-refractivity contribution < 1.29 is 8.85 Å². The van der Waals surface area contributed by atoms with Gasteiger partial charge in [-0.05, 0) is 39.8 Å². The van der Waals surface area contributed by atoms with E-state index in [4.69, 9.17) is 8.85 Å². The summed E-state index contributed by atoms with van der Waals surface area (Å²) in [5.74, 6) is 0. The second-order valence-corrected chi connectivity index (χ2v) is 7.62. The highest BCUT2D eigenvalue weighted by Crippen LogP contribution is 2.14. The number of hydrogen-bond donors (Lipinski definition) is 0. The minimum atomic E-state index is -0.647. The van der Waals surface area contributed by atoms with Crippen LogP contribution in [-0.2, 0) is 8.85 Å². The Morgan fingerprint density at radius 3 is 2.71 bits per heavy atom. The van der Waals surface area contributed by atoms with E-state index in [1.165, 1.54) is 19.0 Å². The van der Waals surface area contributed by atoms with Gasteiger partial charge in [-0.3, -0.25) is 0 Å². The Morgan fingerprint density at radius 1 is 1.43 bits per heavy atom. The van der Waals surface area contributed by atoms with E-state index in [0.29, 0.717) is 9.76 Å². The summed E-state index contributed by atoms with van der Waals surface area (Å²) in [4.78, 5) is 0. The van der Waals surface area contributed by atoms with Crippen molar-refractivity contribution in [3.63, 3.8) is 0 Å². The molecule has 0 atom stereocenters. The number of rotatable bonds is 4. The summed E-state index contributed by atoms with van der Waals surface area (Å²) in [5, 5.41) is 0. The molecule has 5 heteroatoms. The van der Waals surface area contributed by atoms with Gasteiger partial charge in [0, 0.05) is 18.9 Å². The van der Waals surface area contributed by atoms with E-state index in [0.717, 1.165) is 6.17 Å². The fourth-order valence-corrected chi connectivity index (χ4v) is 4.79. The molecule has 1 aliphatic rings. The molecule has 1 rings (SSSR count). The first-order valence-corrected chi connectivity index (χ1v) is 7.76. The summed E-state index contributed by atoms with van der Waals surface area (Å²) in [6.07, 6.45) is 2.35. The van der Waals surface area contributed by atoms with Crippen LogP contribution >= 0.6 is 0 Å². The molecule has 0 aromatic rings. The van der Waals surface area contributed by atoms with Gasteiger partial charge in [-0.1, -0.05) is 0 Å². The van der Waals surface area contributed by atoms with Crippen molar-refractivity contribution >= 4 is 19.0 Å². The summed E-state index contributed by atoms with van der Waals surface area (Å²) >= 11 is 0. The molecule has 0 aromatic carbocycles. The molecule has 3 radical (unpaired) electrons. The van der Waals surface area contributed by atoms with Crippen LogP contribution in [0, 0.1) is 0 Å². The monoisotopic (exact) mass is 230 g/mol. The van der Waals surface area contributed by atoms with Crippen molar-refractivity contribution in [3.05, 3.63) is 0 Å². The highest BCUT2D eigenvalue weighted by Gasteiger charge is 2.28. The minimum absolute atomic E-state index is 0.00184. The van der Waals surface area contributed by atoms with E-state index in [1.54, 1.807) is 0 Å². The molecular weight excluding hydrogens is 210 g/mol. The molecule has 0 aliphatic carbocycles. The van der Waals surface area contributed by atoms with Crippen LogP contribution in [-0.4, -0.2) is 49.0 Å². The summed E-state index contributed by atoms with van der Waals surface area (Å²) in [5.41, 5.74) is -0.00184. The van der Waals surface area contributed by atoms with Crippen molar-refractivity contribution in [3.8, 4) is 0 Å². The summed E-state index contributed by atoms with van der Waals surface area (Å²) < 4.78 is 13.7. The Hall–Kier alpha value is 0.314. The quantitative estimate of drug-likeness (QED) is 0.678. The summed E-state index contributed by atoms with van der Waals surface area (Å²) in [6.45, 7) is 7.51. The third-order valence-electron chi connectivity index (χ3n) is 2.04. The van der Waals surface area contributed by atoms with Gasteiger partial charge in [-0.25, -0.2) is 0 Å². The molecule has 1 saturated heterocycles. The van der Waals surface area contributed by atoms with E-state index in [2.05, 4.69) is 25.3 Å². The van der Waals surface area contributed by atoms with Crippen LogP contribution in [0.15, 0.2) is 0 Å². The average Bonchev–Trinajstić information content (AvgIpc) is 2.49. The molecule has 0 bridgehead atoms. The lowest BCUT2D eigenvalue weighted by Crippen LogP contribution is -2.40. The molecule has 0 saturated carbocycles. The van der Waals surface area contributed by atoms with Gasteiger partial charge in [0.05, 0.1) is 0 Å². The zero-order valence-electron chi connectivity index (χ0n) is 9.59. The highest BCUT2D eigenvalue weighted by molar-refractivity contribution is 6.50. The Labute approximate surface area is 91.5 Å². The van der Waals surface area contributed by atoms with E-state index >= 15 is 0 Å². The van der Waals surface area contributed by atoms with Crippen molar-refractivity contribution in [2.24, 2.45) is 0 Å². The highest BCUT2D eigenvalue weighted by atomic mass is 28.3. The number of hydrogen-bond acceptors (Lipinski definition) is 3. The van der Waals surface area contributed by atoms with Gasteiger partial charge >= 0.3 is 9.20 Å². The molecule has 1 aliphatic heterocycles. The maximum atomic E-state index is 5.73. The van der Waals surface area contributed by atoms with Gasteiger partial charge in [0.25, 0.3) is 0 Å². The molecule has 0 spiro atoms. The van der Waals surface area contributed by atoms with Gasteiger partial charge in [0.1, 0.15) is 0 Å². The van der Waals surface area contributed by atoms with Crippen LogP contribution < -0.4 is 0 Å². The second kappa shape index (κ2) is 5.41. The van der Waals surface area contributed by atoms with Crippen molar-refractivity contribution in [2.75, 3.05) is 19.8 Å². The molecule has 0 N–H and O–H groups in total. The largest absolute Gasteiger partial charge is 0.411 e. The molecule has 1 fully saturated rings. The van der Waals surface area contributed by atoms with Crippen LogP contribution in [0.5, 0.6) is 0 Å². The lowest BCUT2D eigenvalue weighted by molar-refractivity contribution is 0.135. The van der Waals surface area contributed by atoms with Crippen LogP contribution in [0.2, 0.25) is 6.04 Å². The van der Waals surface area contributed by atoms with E-state index in [9.17, 15) is 0 Å². The Balaban J connectivity index is 2.18. The first-order chi connectivity index (χ1) is 6.53. The van der Waals surface area contributed by atoms with E-state index in [1.807, 2.05) is 7.11 Å². The summed E-state index contributed by atoms with van der Waals surface area (Å²) in [6, 6.07) is 1.27. The fraction of sp³-hybridized carbons (Fsp3) is 1.00. The predicted molar refractivity (Wildman–Crippen MR) is 60.4 cm³/mol. The van der Waals surface area contributed by atoms with Crippen molar-refractivity contribution in [2.45, 2.75) is 38.8 Å². The molecule has 0 aromatic heterocycles. The number of nitrogens with zero attached hydrogens (tertiary/aromatic N) is 1. The summed E-state index contributed by atoms with van der Waals surface area (Å²) in [7, 11) is 1.76. The van der Waals surface area contributed by atoms with Crippen LogP contribution in [0.1, 0.15) is 27.2 Å². The first kappa shape index (κ1) is 12.4. The van der Waals surface area contributed by atoms with E-state index < -0.39 is 9.20 Å². The third kappa shape index (κ3) is 4.23. The lowest BCUT2D eigenvalue weighted by Gasteiger charge is -2.23. The van der Waals surface area contributed by atoms with Crippen LogP contribution in [0.25, 0.3) is 0 Å². The molecule has 14 heavy (non-hydrogen) atoms. The van der Waals surface area contributed by atoms with Gasteiger partial charge in [-0.15, -0.1) is 0 Å². The van der Waals surface area contributed by atoms with Crippen LogP contribution in [0.4, 0.5) is 0 Å². The van der Waals surface area contributed by atoms with Crippen molar-refractivity contribution in [1.82, 2.24) is 4.57 Å². The molecule has 81 valence electrons. The van der Waals surface area contributed by atoms with Gasteiger partial charge in [0.2, 0.25) is 9.76 Å². The van der Waals surface area contributed by atoms with Gasteiger partial charge < -0.3 is 13.4 Å². The lowest BCUT2D eigenvalue weighted by atomic mass is 10.2. The predicted octanol–water partition coefficient (Wildman–Crippen LogP) is 1.22. The molecule has 3 nitrogen and oxygen atoms in total. The molecular formula is C9H20NO2Si2. The maximum Gasteiger partial charge on any atom is 0.305 e. The van der Waals surface area contributed by atoms with Gasteiger partial charge in [-0.2, -0.15) is 0 Å². The smallest absolute Gasteiger partial charge is 0.305 e. The molecule has 1 heterocycles.